The molecule has 3 rings (SSSR count). The van der Waals surface area contributed by atoms with Crippen LogP contribution in [0.4, 0.5) is 17.3 Å². The Kier molecular flexibility index (Phi) is 4.61. The number of hydrogen-bond donors (Lipinski definition) is 2. The molecule has 2 heterocycles. The molecule has 0 bridgehead atoms. The van der Waals surface area contributed by atoms with Crippen LogP contribution < -0.4 is 11.2 Å². The number of hydrazone groups is 1. The monoisotopic (exact) mass is 351 g/mol. The van der Waals surface area contributed by atoms with Gasteiger partial charge in [0.1, 0.15) is 6.33 Å². The summed E-state index contributed by atoms with van der Waals surface area (Å²) in [5.74, 6) is -0.277. The molecule has 0 fully saturated rings. The second-order valence-corrected chi connectivity index (χ2v) is 5.58. The van der Waals surface area contributed by atoms with Crippen LogP contribution in [0.25, 0.3) is 5.69 Å². The van der Waals surface area contributed by atoms with Crippen molar-refractivity contribution in [2.45, 2.75) is 13.8 Å². The summed E-state index contributed by atoms with van der Waals surface area (Å²) in [7, 11) is 0. The first kappa shape index (κ1) is 17.1. The molecule has 132 valence electrons. The topological polar surface area (TPSA) is 124 Å². The molecule has 1 aromatic carbocycles. The van der Waals surface area contributed by atoms with Gasteiger partial charge in [0.2, 0.25) is 11.6 Å². The number of nitrogen functional groups attached to an aromatic ring is 1. The highest BCUT2D eigenvalue weighted by molar-refractivity contribution is 5.83. The highest BCUT2D eigenvalue weighted by atomic mass is 16.6. The van der Waals surface area contributed by atoms with Gasteiger partial charge in [-0.25, -0.2) is 9.97 Å². The van der Waals surface area contributed by atoms with E-state index < -0.39 is 10.6 Å². The lowest BCUT2D eigenvalue weighted by Crippen LogP contribution is -2.05. The second kappa shape index (κ2) is 7.01. The highest BCUT2D eigenvalue weighted by Crippen LogP contribution is 2.26. The fourth-order valence-corrected chi connectivity index (χ4v) is 2.71. The number of para-hydroxylation sites is 1. The largest absolute Gasteiger partial charge is 0.378 e. The van der Waals surface area contributed by atoms with Crippen LogP contribution in [-0.4, -0.2) is 25.7 Å². The van der Waals surface area contributed by atoms with E-state index in [2.05, 4.69) is 25.1 Å². The molecule has 0 spiro atoms. The fourth-order valence-electron chi connectivity index (χ4n) is 2.71. The number of aromatic nitrogens is 3. The Morgan fingerprint density at radius 2 is 2.00 bits per heavy atom. The molecule has 0 unspecified atom stereocenters. The summed E-state index contributed by atoms with van der Waals surface area (Å²) < 4.78 is 2.10. The van der Waals surface area contributed by atoms with Crippen LogP contribution in [0.1, 0.15) is 17.0 Å². The molecule has 0 atom stereocenters. The Labute approximate surface area is 149 Å². The van der Waals surface area contributed by atoms with Gasteiger partial charge in [0.15, 0.2) is 0 Å². The van der Waals surface area contributed by atoms with Crippen molar-refractivity contribution in [2.75, 3.05) is 11.2 Å². The summed E-state index contributed by atoms with van der Waals surface area (Å²) in [5, 5.41) is 15.2. The zero-order valence-electron chi connectivity index (χ0n) is 14.2. The van der Waals surface area contributed by atoms with Crippen molar-refractivity contribution in [1.82, 2.24) is 14.5 Å². The number of aryl methyl sites for hydroxylation is 1. The Balaban J connectivity index is 1.87. The maximum absolute atomic E-state index is 11.1. The number of nitro groups is 1. The quantitative estimate of drug-likeness (QED) is 0.414. The van der Waals surface area contributed by atoms with Gasteiger partial charge in [0.25, 0.3) is 0 Å². The van der Waals surface area contributed by atoms with Gasteiger partial charge in [-0.2, -0.15) is 5.10 Å². The maximum Gasteiger partial charge on any atom is 0.354 e. The lowest BCUT2D eigenvalue weighted by Gasteiger charge is -2.09. The van der Waals surface area contributed by atoms with Crippen LogP contribution in [0.2, 0.25) is 0 Å². The standard InChI is InChI=1S/C17H17N7O2/c1-11-8-13(12(2)23(11)14-6-4-3-5-7-14)9-21-22-17-15(24(25)26)16(18)19-10-20-17/h3-10H,1-2H3,(H3,18,19,20,22)/b21-9-. The molecule has 9 heteroatoms. The zero-order valence-corrected chi connectivity index (χ0v) is 14.2. The normalized spacial score (nSPS) is 11.0. The van der Waals surface area contributed by atoms with E-state index in [0.29, 0.717) is 0 Å². The molecule has 0 aliphatic carbocycles. The number of anilines is 2. The summed E-state index contributed by atoms with van der Waals surface area (Å²) in [6, 6.07) is 11.9. The van der Waals surface area contributed by atoms with E-state index in [0.717, 1.165) is 29.0 Å². The zero-order chi connectivity index (χ0) is 18.7. The number of nitrogens with zero attached hydrogens (tertiary/aromatic N) is 5. The van der Waals surface area contributed by atoms with E-state index in [1.807, 2.05) is 50.2 Å². The summed E-state index contributed by atoms with van der Waals surface area (Å²) in [6.45, 7) is 3.98. The molecule has 0 radical (unpaired) electrons. The van der Waals surface area contributed by atoms with Crippen LogP contribution in [0.15, 0.2) is 47.8 Å². The number of rotatable bonds is 5. The van der Waals surface area contributed by atoms with E-state index >= 15 is 0 Å². The van der Waals surface area contributed by atoms with Crippen LogP contribution in [-0.2, 0) is 0 Å². The molecule has 0 aliphatic heterocycles. The van der Waals surface area contributed by atoms with Gasteiger partial charge < -0.3 is 10.3 Å². The molecule has 0 aliphatic rings. The lowest BCUT2D eigenvalue weighted by molar-refractivity contribution is -0.383. The van der Waals surface area contributed by atoms with Crippen molar-refractivity contribution in [2.24, 2.45) is 5.10 Å². The van der Waals surface area contributed by atoms with Gasteiger partial charge in [0, 0.05) is 22.6 Å². The molecule has 9 nitrogen and oxygen atoms in total. The molecular weight excluding hydrogens is 334 g/mol. The molecule has 0 saturated carbocycles. The predicted octanol–water partition coefficient (Wildman–Crippen LogP) is 2.82. The summed E-state index contributed by atoms with van der Waals surface area (Å²) in [4.78, 5) is 17.9. The highest BCUT2D eigenvalue weighted by Gasteiger charge is 2.20. The minimum atomic E-state index is -0.644. The smallest absolute Gasteiger partial charge is 0.354 e. The van der Waals surface area contributed by atoms with Crippen LogP contribution in [0.3, 0.4) is 0 Å². The van der Waals surface area contributed by atoms with Crippen molar-refractivity contribution in [3.63, 3.8) is 0 Å². The van der Waals surface area contributed by atoms with Crippen molar-refractivity contribution >= 4 is 23.5 Å². The second-order valence-electron chi connectivity index (χ2n) is 5.58. The third-order valence-corrected chi connectivity index (χ3v) is 3.89. The minimum absolute atomic E-state index is 0.0596. The van der Waals surface area contributed by atoms with Gasteiger partial charge in [-0.1, -0.05) is 18.2 Å². The van der Waals surface area contributed by atoms with Crippen LogP contribution in [0, 0.1) is 24.0 Å². The summed E-state index contributed by atoms with van der Waals surface area (Å²) >= 11 is 0. The van der Waals surface area contributed by atoms with E-state index in [1.165, 1.54) is 0 Å². The Bertz CT molecular complexity index is 980. The number of benzene rings is 1. The molecule has 0 saturated heterocycles. The van der Waals surface area contributed by atoms with Crippen molar-refractivity contribution < 1.29 is 4.92 Å². The molecule has 3 N–H and O–H groups in total. The van der Waals surface area contributed by atoms with Crippen LogP contribution >= 0.6 is 0 Å². The molecule has 3 aromatic rings. The average molecular weight is 351 g/mol. The number of nitrogens with one attached hydrogen (secondary N) is 1. The van der Waals surface area contributed by atoms with Gasteiger partial charge in [-0.05, 0) is 32.0 Å². The van der Waals surface area contributed by atoms with Crippen LogP contribution in [0.5, 0.6) is 0 Å². The molecule has 2 aromatic heterocycles. The van der Waals surface area contributed by atoms with E-state index in [9.17, 15) is 10.1 Å². The number of hydrogen-bond acceptors (Lipinski definition) is 7. The van der Waals surface area contributed by atoms with Gasteiger partial charge in [-0.3, -0.25) is 15.5 Å². The SMILES string of the molecule is Cc1cc(/C=N\Nc2ncnc(N)c2[N+](=O)[O-])c(C)n1-c1ccccc1. The van der Waals surface area contributed by atoms with E-state index in [-0.39, 0.29) is 11.6 Å². The first-order valence-corrected chi connectivity index (χ1v) is 7.77. The summed E-state index contributed by atoms with van der Waals surface area (Å²) in [5.41, 5.74) is 11.7. The molecular formula is C17H17N7O2. The lowest BCUT2D eigenvalue weighted by atomic mass is 10.2. The van der Waals surface area contributed by atoms with Crippen molar-refractivity contribution in [3.8, 4) is 5.69 Å². The number of nitrogens with two attached hydrogens (primary N) is 1. The van der Waals surface area contributed by atoms with Gasteiger partial charge >= 0.3 is 5.69 Å². The maximum atomic E-state index is 11.1. The first-order valence-electron chi connectivity index (χ1n) is 7.77. The van der Waals surface area contributed by atoms with E-state index in [4.69, 9.17) is 5.73 Å². The molecule has 0 amide bonds. The first-order chi connectivity index (χ1) is 12.5. The Hall–Kier alpha value is -3.75. The van der Waals surface area contributed by atoms with Crippen molar-refractivity contribution in [3.05, 3.63) is 69.8 Å². The van der Waals surface area contributed by atoms with Gasteiger partial charge in [0.05, 0.1) is 11.1 Å². The third-order valence-electron chi connectivity index (χ3n) is 3.89. The van der Waals surface area contributed by atoms with Gasteiger partial charge in [-0.15, -0.1) is 0 Å². The van der Waals surface area contributed by atoms with E-state index in [1.54, 1.807) is 6.21 Å². The predicted molar refractivity (Wildman–Crippen MR) is 99.6 cm³/mol. The fraction of sp³-hybridized carbons (Fsp3) is 0.118. The Morgan fingerprint density at radius 3 is 2.69 bits per heavy atom. The average Bonchev–Trinajstić information content (AvgIpc) is 2.89. The third kappa shape index (κ3) is 3.22. The molecule has 26 heavy (non-hydrogen) atoms. The van der Waals surface area contributed by atoms with Crippen molar-refractivity contribution in [1.29, 1.82) is 0 Å². The summed E-state index contributed by atoms with van der Waals surface area (Å²) in [6.07, 6.45) is 2.73. The minimum Gasteiger partial charge on any atom is -0.378 e. The Morgan fingerprint density at radius 1 is 1.27 bits per heavy atom.